The molecule has 7 nitrogen and oxygen atoms in total. The third-order valence-corrected chi connectivity index (χ3v) is 2.07. The van der Waals surface area contributed by atoms with E-state index < -0.39 is 11.9 Å². The summed E-state index contributed by atoms with van der Waals surface area (Å²) in [5.41, 5.74) is -0.198. The van der Waals surface area contributed by atoms with Crippen molar-refractivity contribution in [2.24, 2.45) is 0 Å². The number of esters is 2. The Hall–Kier alpha value is -2.31. The lowest BCUT2D eigenvalue weighted by Gasteiger charge is -2.06. The average Bonchev–Trinajstić information content (AvgIpc) is 2.76. The molecule has 0 aliphatic carbocycles. The number of rotatable bonds is 6. The van der Waals surface area contributed by atoms with Gasteiger partial charge in [-0.2, -0.15) is 0 Å². The van der Waals surface area contributed by atoms with Crippen molar-refractivity contribution in [3.63, 3.8) is 0 Å². The zero-order chi connectivity index (χ0) is 14.3. The molecule has 19 heavy (non-hydrogen) atoms. The first-order valence-electron chi connectivity index (χ1n) is 5.91. The molecule has 0 aliphatic heterocycles. The summed E-state index contributed by atoms with van der Waals surface area (Å²) in [6.07, 6.45) is 2.78. The number of carbonyl (C=O) groups excluding carboxylic acids is 2. The van der Waals surface area contributed by atoms with Crippen LogP contribution in [0.15, 0.2) is 18.0 Å². The molecule has 0 saturated carbocycles. The predicted molar refractivity (Wildman–Crippen MR) is 68.3 cm³/mol. The minimum Gasteiger partial charge on any atom is -0.462 e. The van der Waals surface area contributed by atoms with Crippen molar-refractivity contribution in [2.45, 2.75) is 20.8 Å². The molecule has 1 rings (SSSR count). The number of anilines is 1. The standard InChI is InChI=1S/C12H17N3O4/c1-4-18-11(16)9(12(17)19-5-2)6-14-10-7-13-8(3)15-10/h6-7,14H,4-5H2,1-3H3,(H,13,15). The van der Waals surface area contributed by atoms with Crippen molar-refractivity contribution in [1.82, 2.24) is 9.97 Å². The van der Waals surface area contributed by atoms with Crippen LogP contribution in [0.1, 0.15) is 19.7 Å². The number of aryl methyl sites for hydroxylation is 1. The zero-order valence-corrected chi connectivity index (χ0v) is 11.1. The van der Waals surface area contributed by atoms with Gasteiger partial charge in [0.25, 0.3) is 0 Å². The fraction of sp³-hybridized carbons (Fsp3) is 0.417. The van der Waals surface area contributed by atoms with E-state index >= 15 is 0 Å². The number of aromatic nitrogens is 2. The first-order valence-corrected chi connectivity index (χ1v) is 5.91. The second-order valence-corrected chi connectivity index (χ2v) is 3.53. The molecule has 1 aromatic rings. The smallest absolute Gasteiger partial charge is 0.347 e. The van der Waals surface area contributed by atoms with Gasteiger partial charge in [-0.1, -0.05) is 0 Å². The molecular weight excluding hydrogens is 250 g/mol. The van der Waals surface area contributed by atoms with E-state index in [0.717, 1.165) is 0 Å². The summed E-state index contributed by atoms with van der Waals surface area (Å²) in [6, 6.07) is 0. The molecule has 0 saturated heterocycles. The van der Waals surface area contributed by atoms with Crippen LogP contribution >= 0.6 is 0 Å². The number of hydrogen-bond acceptors (Lipinski definition) is 6. The fourth-order valence-electron chi connectivity index (χ4n) is 1.26. The van der Waals surface area contributed by atoms with E-state index in [1.165, 1.54) is 6.20 Å². The second-order valence-electron chi connectivity index (χ2n) is 3.53. The lowest BCUT2D eigenvalue weighted by molar-refractivity contribution is -0.146. The Morgan fingerprint density at radius 3 is 2.32 bits per heavy atom. The van der Waals surface area contributed by atoms with E-state index in [4.69, 9.17) is 9.47 Å². The highest BCUT2D eigenvalue weighted by molar-refractivity contribution is 6.14. The van der Waals surface area contributed by atoms with Gasteiger partial charge in [-0.25, -0.2) is 14.6 Å². The van der Waals surface area contributed by atoms with Gasteiger partial charge in [-0.3, -0.25) is 0 Å². The van der Waals surface area contributed by atoms with Crippen LogP contribution in [0.3, 0.4) is 0 Å². The Bertz CT molecular complexity index is 459. The summed E-state index contributed by atoms with van der Waals surface area (Å²) in [7, 11) is 0. The maximum absolute atomic E-state index is 11.6. The quantitative estimate of drug-likeness (QED) is 0.347. The van der Waals surface area contributed by atoms with Crippen LogP contribution in [-0.4, -0.2) is 35.1 Å². The number of H-pyrrole nitrogens is 1. The molecule has 0 bridgehead atoms. The van der Waals surface area contributed by atoms with E-state index in [2.05, 4.69) is 15.3 Å². The lowest BCUT2D eigenvalue weighted by Crippen LogP contribution is -2.19. The van der Waals surface area contributed by atoms with Crippen molar-refractivity contribution in [1.29, 1.82) is 0 Å². The highest BCUT2D eigenvalue weighted by atomic mass is 16.6. The first-order chi connectivity index (χ1) is 9.08. The highest BCUT2D eigenvalue weighted by Crippen LogP contribution is 2.06. The molecule has 1 aromatic heterocycles. The number of hydrogen-bond donors (Lipinski definition) is 2. The lowest BCUT2D eigenvalue weighted by atomic mass is 10.3. The molecular formula is C12H17N3O4. The molecule has 0 radical (unpaired) electrons. The van der Waals surface area contributed by atoms with Gasteiger partial charge in [0.05, 0.1) is 19.4 Å². The number of nitrogens with zero attached hydrogens (tertiary/aromatic N) is 1. The van der Waals surface area contributed by atoms with Gasteiger partial charge in [0.1, 0.15) is 11.6 Å². The van der Waals surface area contributed by atoms with Crippen molar-refractivity contribution in [2.75, 3.05) is 18.5 Å². The number of aromatic amines is 1. The minimum absolute atomic E-state index is 0.179. The predicted octanol–water partition coefficient (Wildman–Crippen LogP) is 1.14. The highest BCUT2D eigenvalue weighted by Gasteiger charge is 2.20. The minimum atomic E-state index is -0.732. The largest absolute Gasteiger partial charge is 0.462 e. The molecule has 0 spiro atoms. The van der Waals surface area contributed by atoms with E-state index in [1.54, 1.807) is 27.0 Å². The molecule has 0 aliphatic rings. The number of imidazole rings is 1. The third-order valence-electron chi connectivity index (χ3n) is 2.07. The molecule has 0 atom stereocenters. The van der Waals surface area contributed by atoms with Gasteiger partial charge in [0.2, 0.25) is 0 Å². The van der Waals surface area contributed by atoms with E-state index in [0.29, 0.717) is 11.6 Å². The first kappa shape index (κ1) is 14.7. The molecule has 0 aromatic carbocycles. The van der Waals surface area contributed by atoms with Crippen LogP contribution in [0, 0.1) is 6.92 Å². The van der Waals surface area contributed by atoms with Crippen LogP contribution in [0.25, 0.3) is 0 Å². The summed E-state index contributed by atoms with van der Waals surface area (Å²) in [5.74, 6) is -0.192. The maximum Gasteiger partial charge on any atom is 0.347 e. The monoisotopic (exact) mass is 267 g/mol. The number of carbonyl (C=O) groups is 2. The molecule has 0 fully saturated rings. The number of nitrogens with one attached hydrogen (secondary N) is 2. The van der Waals surface area contributed by atoms with Crippen LogP contribution in [-0.2, 0) is 19.1 Å². The van der Waals surface area contributed by atoms with Crippen LogP contribution in [0.4, 0.5) is 5.82 Å². The Labute approximate surface area is 111 Å². The topological polar surface area (TPSA) is 93.3 Å². The maximum atomic E-state index is 11.6. The second kappa shape index (κ2) is 7.20. The van der Waals surface area contributed by atoms with E-state index in [9.17, 15) is 9.59 Å². The van der Waals surface area contributed by atoms with E-state index in [1.807, 2.05) is 0 Å². The van der Waals surface area contributed by atoms with Gasteiger partial charge < -0.3 is 19.8 Å². The summed E-state index contributed by atoms with van der Waals surface area (Å²) in [4.78, 5) is 30.1. The van der Waals surface area contributed by atoms with Crippen LogP contribution in [0.5, 0.6) is 0 Å². The Morgan fingerprint density at radius 1 is 1.32 bits per heavy atom. The van der Waals surface area contributed by atoms with Gasteiger partial charge in [0.15, 0.2) is 5.57 Å². The average molecular weight is 267 g/mol. The van der Waals surface area contributed by atoms with Crippen molar-refractivity contribution >= 4 is 17.8 Å². The molecule has 0 amide bonds. The normalized spacial score (nSPS) is 9.63. The van der Waals surface area contributed by atoms with Gasteiger partial charge in [-0.15, -0.1) is 0 Å². The molecule has 7 heteroatoms. The molecule has 0 unspecified atom stereocenters. The van der Waals surface area contributed by atoms with Crippen molar-refractivity contribution in [3.05, 3.63) is 23.8 Å². The summed E-state index contributed by atoms with van der Waals surface area (Å²) < 4.78 is 9.58. The fourth-order valence-corrected chi connectivity index (χ4v) is 1.26. The summed E-state index contributed by atoms with van der Waals surface area (Å²) in [5, 5.41) is 2.76. The van der Waals surface area contributed by atoms with Crippen molar-refractivity contribution < 1.29 is 19.1 Å². The van der Waals surface area contributed by atoms with Crippen LogP contribution in [0.2, 0.25) is 0 Å². The number of ether oxygens (including phenoxy) is 2. The van der Waals surface area contributed by atoms with Crippen LogP contribution < -0.4 is 5.32 Å². The Morgan fingerprint density at radius 2 is 1.89 bits per heavy atom. The van der Waals surface area contributed by atoms with E-state index in [-0.39, 0.29) is 18.8 Å². The third kappa shape index (κ3) is 4.46. The molecule has 2 N–H and O–H groups in total. The van der Waals surface area contributed by atoms with Gasteiger partial charge >= 0.3 is 11.9 Å². The molecule has 104 valence electrons. The SMILES string of the molecule is CCOC(=O)C(=CNc1cnc(C)[nH]1)C(=O)OCC. The Kier molecular flexibility index (Phi) is 5.59. The Balaban J connectivity index is 2.82. The van der Waals surface area contributed by atoms with Gasteiger partial charge in [0, 0.05) is 6.20 Å². The zero-order valence-electron chi connectivity index (χ0n) is 11.1. The molecule has 1 heterocycles. The summed E-state index contributed by atoms with van der Waals surface area (Å²) >= 11 is 0. The van der Waals surface area contributed by atoms with Gasteiger partial charge in [-0.05, 0) is 20.8 Å². The van der Waals surface area contributed by atoms with Crippen molar-refractivity contribution in [3.8, 4) is 0 Å². The summed E-state index contributed by atoms with van der Waals surface area (Å²) in [6.45, 7) is 5.46.